The number of rotatable bonds is 6. The van der Waals surface area contributed by atoms with Crippen molar-refractivity contribution in [1.29, 1.82) is 0 Å². The van der Waals surface area contributed by atoms with E-state index in [9.17, 15) is 0 Å². The number of hydrogen-bond donors (Lipinski definition) is 2. The third-order valence-electron chi connectivity index (χ3n) is 25.3. The molecule has 0 amide bonds. The minimum Gasteiger partial charge on any atom is -0.352 e. The van der Waals surface area contributed by atoms with Gasteiger partial charge >= 0.3 is 0 Å². The van der Waals surface area contributed by atoms with E-state index in [1.165, 1.54) is 9.13 Å². The van der Waals surface area contributed by atoms with Gasteiger partial charge in [-0.1, -0.05) is 248 Å². The van der Waals surface area contributed by atoms with Crippen LogP contribution >= 0.6 is 0 Å². The van der Waals surface area contributed by atoms with Gasteiger partial charge in [0.2, 0.25) is 0 Å². The Bertz CT molecular complexity index is 7130. The second kappa shape index (κ2) is 23.6. The summed E-state index contributed by atoms with van der Waals surface area (Å²) in [6.07, 6.45) is 0. The van der Waals surface area contributed by atoms with Crippen LogP contribution in [0.2, 0.25) is 0 Å². The molecular weight excluding hydrogens is 1390 g/mol. The van der Waals surface area contributed by atoms with Crippen LogP contribution in [-0.2, 0) is 21.7 Å². The number of H-pyrrole nitrogens is 2. The molecule has 20 aromatic rings. The average molecular weight is 1480 g/mol. The molecule has 2 N–H and O–H groups in total. The minimum absolute atomic E-state index is 0.0500. The Morgan fingerprint density at radius 2 is 0.456 bits per heavy atom. The van der Waals surface area contributed by atoms with E-state index in [2.05, 4.69) is 294 Å². The number of benzene rings is 14. The van der Waals surface area contributed by atoms with E-state index >= 15 is 19.2 Å². The largest absolute Gasteiger partial charge is 0.352 e. The van der Waals surface area contributed by atoms with Crippen LogP contribution in [-0.4, -0.2) is 19.1 Å². The molecule has 8 nitrogen and oxygen atoms in total. The Morgan fingerprint density at radius 3 is 0.667 bits per heavy atom. The average Bonchev–Trinajstić information content (AvgIpc) is 1.56. The monoisotopic (exact) mass is 1480 g/mol. The summed E-state index contributed by atoms with van der Waals surface area (Å²) in [6.45, 7) is 43.8. The second-order valence-corrected chi connectivity index (χ2v) is 38.1. The molecular formula is C106H88N4O4. The second-order valence-electron chi connectivity index (χ2n) is 38.1. The lowest BCUT2D eigenvalue weighted by atomic mass is 9.80. The number of pyridine rings is 2. The van der Waals surface area contributed by atoms with Crippen LogP contribution in [0.3, 0.4) is 0 Å². The Hall–Kier alpha value is -12.5. The van der Waals surface area contributed by atoms with Crippen LogP contribution in [0.15, 0.2) is 153 Å². The van der Waals surface area contributed by atoms with Gasteiger partial charge in [-0.3, -0.25) is 19.2 Å². The predicted octanol–water partition coefficient (Wildman–Crippen LogP) is 25.9. The Labute approximate surface area is 661 Å². The zero-order chi connectivity index (χ0) is 79.8. The third-order valence-corrected chi connectivity index (χ3v) is 25.3. The highest BCUT2D eigenvalue weighted by Gasteiger charge is 2.32. The first kappa shape index (κ1) is 70.6. The molecule has 0 unspecified atom stereocenters. The summed E-state index contributed by atoms with van der Waals surface area (Å²) >= 11 is 0. The zero-order valence-corrected chi connectivity index (χ0v) is 68.5. The summed E-state index contributed by atoms with van der Waals surface area (Å²) in [4.78, 5) is 75.1. The van der Waals surface area contributed by atoms with Crippen molar-refractivity contribution in [1.82, 2.24) is 19.1 Å². The number of aromatic amines is 2. The van der Waals surface area contributed by atoms with Gasteiger partial charge in [-0.25, -0.2) is 9.13 Å². The van der Waals surface area contributed by atoms with E-state index in [0.29, 0.717) is 65.2 Å². The SMILES string of the molecule is CC(C)c1cccc(C(C)C)c1-n1c(=O)c2cc3c#cc4cc(C(C)(C)C)cc5c6cc(C(C)(C)C)cc(c#cc7cc8c(=O)n(-c9c(C(C)C)cccc9C(C)C)c(=O)c9cc%10c#cc%11cc(C(C)(C)C)cc%12c%13cc(C(C)(C)C)cc(c#cc%14cc(c1=O)c2c1c3c2ccc3c7c(c89)c%10c7ccc(c%141)c2c37)c%13[nH]c%11%12)c6[nH]c45. The van der Waals surface area contributed by atoms with Crippen LogP contribution in [0.4, 0.5) is 0 Å². The molecule has 114 heavy (non-hydrogen) atoms. The van der Waals surface area contributed by atoms with E-state index in [0.717, 1.165) is 174 Å². The van der Waals surface area contributed by atoms with E-state index < -0.39 is 22.2 Å². The van der Waals surface area contributed by atoms with Gasteiger partial charge in [0.1, 0.15) is 0 Å². The molecule has 8 bridgehead atoms. The molecule has 6 aromatic heterocycles. The summed E-state index contributed by atoms with van der Waals surface area (Å²) in [5.41, 5.74) is 9.55. The van der Waals surface area contributed by atoms with Crippen molar-refractivity contribution < 1.29 is 0 Å². The summed E-state index contributed by atoms with van der Waals surface area (Å²) in [7, 11) is 0. The van der Waals surface area contributed by atoms with E-state index in [-0.39, 0.29) is 45.3 Å². The smallest absolute Gasteiger partial charge is 0.266 e. The van der Waals surface area contributed by atoms with Crippen LogP contribution in [0, 0.1) is 48.5 Å². The molecule has 0 aliphatic heterocycles. The van der Waals surface area contributed by atoms with Crippen molar-refractivity contribution in [2.75, 3.05) is 0 Å². The summed E-state index contributed by atoms with van der Waals surface area (Å²) in [5, 5.41) is 21.9. The van der Waals surface area contributed by atoms with Crippen molar-refractivity contribution >= 4 is 184 Å². The highest BCUT2D eigenvalue weighted by atomic mass is 16.2. The van der Waals surface area contributed by atoms with Gasteiger partial charge in [-0.05, 0) is 195 Å². The number of aromatic nitrogens is 4. The number of hydrogen-bond acceptors (Lipinski definition) is 4. The fraction of sp³-hybridized carbons (Fsp3) is 0.264. The molecule has 0 saturated heterocycles. The lowest BCUT2D eigenvalue weighted by molar-refractivity contribution is 0.591. The van der Waals surface area contributed by atoms with Crippen LogP contribution < -0.4 is 22.2 Å². The van der Waals surface area contributed by atoms with Crippen molar-refractivity contribution in [2.24, 2.45) is 0 Å². The molecule has 8 heteroatoms. The lowest BCUT2D eigenvalue weighted by Crippen LogP contribution is -2.33. The molecule has 0 spiro atoms. The summed E-state index contributed by atoms with van der Waals surface area (Å²) in [5.74, 6) is -0.200. The Kier molecular flexibility index (Phi) is 14.6. The Morgan fingerprint density at radius 1 is 0.246 bits per heavy atom. The van der Waals surface area contributed by atoms with Gasteiger partial charge in [0.15, 0.2) is 0 Å². The quantitative estimate of drug-likeness (QED) is 0.128. The molecule has 0 radical (unpaired) electrons. The van der Waals surface area contributed by atoms with Gasteiger partial charge in [0.05, 0.1) is 55.0 Å². The molecule has 20 rings (SSSR count). The summed E-state index contributed by atoms with van der Waals surface area (Å²) in [6, 6.07) is 78.2. The van der Waals surface area contributed by atoms with E-state index in [4.69, 9.17) is 0 Å². The van der Waals surface area contributed by atoms with E-state index in [1.807, 2.05) is 36.4 Å². The first-order chi connectivity index (χ1) is 54.0. The number of nitrogens with zero attached hydrogens (tertiary/aromatic N) is 2. The van der Waals surface area contributed by atoms with Gasteiger partial charge in [-0.15, -0.1) is 0 Å². The molecule has 0 saturated carbocycles. The van der Waals surface area contributed by atoms with Crippen molar-refractivity contribution in [2.45, 2.75) is 184 Å². The lowest BCUT2D eigenvalue weighted by Gasteiger charge is -2.24. The summed E-state index contributed by atoms with van der Waals surface area (Å²) < 4.78 is 2.94. The number of fused-ring (bicyclic) bond motifs is 4. The molecule has 6 heterocycles. The van der Waals surface area contributed by atoms with Crippen LogP contribution in [0.5, 0.6) is 0 Å². The maximum Gasteiger partial charge on any atom is 0.266 e. The van der Waals surface area contributed by atoms with Crippen LogP contribution in [0.1, 0.15) is 207 Å². The number of nitrogens with one attached hydrogen (secondary N) is 2. The van der Waals surface area contributed by atoms with Gasteiger partial charge < -0.3 is 9.97 Å². The van der Waals surface area contributed by atoms with Crippen LogP contribution in [0.25, 0.3) is 195 Å². The molecule has 0 atom stereocenters. The normalized spacial score (nSPS) is 13.1. The first-order valence-electron chi connectivity index (χ1n) is 40.4. The highest BCUT2D eigenvalue weighted by molar-refractivity contribution is 6.50. The van der Waals surface area contributed by atoms with Gasteiger partial charge in [0.25, 0.3) is 22.2 Å². The van der Waals surface area contributed by atoms with Crippen molar-refractivity contribution in [3.8, 4) is 11.4 Å². The van der Waals surface area contributed by atoms with Gasteiger partial charge in [-0.2, -0.15) is 0 Å². The Balaban J connectivity index is 1.13. The standard InChI is InChI=1S/C106H88N4O4/c1-51(2)67-23-21-24-68(52(3)4)97(67)109-99(111)79-43-55-27-31-59-39-63(103(9,10)11)47-75-77-49-65(105(15,16)17)41-61(95(77)107-93(59)75)33-29-57-45-81-90-82(102(114)110(101(81)113)98-69(53(5)6)25-22-26-70(98)54(7)8)46-58-30-34-62-42-66(106(18,19)20)50-78-76-48-64(104(12,13)14)40-60(94(76)108-96(62)78)32-28-56-44-80(100(109)112)89(79)91-83(55)71-35-37-73-85(57)92(90)86(58)74-38-36-72(84(56)91)87(71)88(73)74/h21-26,35-54,107-108H,1-20H3. The maximum absolute atomic E-state index is 16.8. The fourth-order valence-corrected chi connectivity index (χ4v) is 19.3. The van der Waals surface area contributed by atoms with Gasteiger partial charge in [0, 0.05) is 108 Å². The first-order valence-corrected chi connectivity index (χ1v) is 40.4. The predicted molar refractivity (Wildman–Crippen MR) is 481 cm³/mol. The van der Waals surface area contributed by atoms with E-state index in [1.54, 1.807) is 0 Å². The molecule has 556 valence electrons. The zero-order valence-electron chi connectivity index (χ0n) is 68.5. The highest BCUT2D eigenvalue weighted by Crippen LogP contribution is 2.53. The van der Waals surface area contributed by atoms with Crippen molar-refractivity contribution in [3.63, 3.8) is 0 Å². The molecule has 0 fully saturated rings. The molecule has 14 aromatic carbocycles. The fourth-order valence-electron chi connectivity index (χ4n) is 19.3. The molecule has 0 aliphatic rings. The number of para-hydroxylation sites is 2. The third kappa shape index (κ3) is 9.83. The topological polar surface area (TPSA) is 110 Å². The minimum atomic E-state index is -0.423. The maximum atomic E-state index is 16.8. The van der Waals surface area contributed by atoms with Crippen molar-refractivity contribution in [3.05, 3.63) is 268 Å². The molecule has 0 aliphatic carbocycles.